The molecule has 5 atom stereocenters. The van der Waals surface area contributed by atoms with Gasteiger partial charge < -0.3 is 104 Å². The molecule has 12 aromatic rings. The third-order valence-electron chi connectivity index (χ3n) is 22.8. The highest BCUT2D eigenvalue weighted by Gasteiger charge is 2.38. The molecule has 666 valence electrons. The van der Waals surface area contributed by atoms with Crippen molar-refractivity contribution < 1.29 is 52.4 Å². The van der Waals surface area contributed by atoms with Gasteiger partial charge in [-0.25, -0.2) is 19.9 Å². The molecule has 11 N–H and O–H groups in total. The standard InChI is InChI=1S/C25H34N6O4.C24H30N4O4.C21H25N5O4.C21H23N5O3/c1-15-12-20(35-5)19(24(32)28-15)13-27-25(33)22-17(3)31(16(2)14-34-4)23-18(22)6-7-21(29-23)30-10-8-26-9-11-30;1-13-11-19(31-4)18(23(29)27-13)12-26-24(30)20-14(2)28(22-17(20)7-6-10-25-22)15(3)21(32-5)16-8-9-16;1-11-8-16(30-4)15(20(28)25-11)10-24-21(29)18-13(3)26(12(2)9-17(22)27)19-14(18)6-5-7-23-19;1-12-10-17(29-4)16(20(27)25-12)11-24-21(28)18-14(3)26(13(2)7-8-22)19-15(18)6-5-9-23-19/h6-7,12,16,26H,8-11,13-14H2,1-5H3,(H,27,33)(H,28,32);6-7,10-11,15-16,21H,8-9,12H2,1-5H3,(H,26,30)(H,27,29);5-8,12H,9-10H2,1-4H3,(H2,22,27)(H,24,29)(H,25,28);5-6,9-10,13H,7,11H2,1-4H3,(H,24,28)(H,25,27). The number of methoxy groups -OCH3 is 6. The lowest BCUT2D eigenvalue weighted by Gasteiger charge is -2.28. The van der Waals surface area contributed by atoms with Crippen molar-refractivity contribution in [3.8, 4) is 29.1 Å². The third-order valence-corrected chi connectivity index (χ3v) is 22.8. The molecule has 5 unspecified atom stereocenters. The Balaban J connectivity index is 0.000000164. The Kier molecular flexibility index (Phi) is 30.4. The van der Waals surface area contributed by atoms with Crippen molar-refractivity contribution in [1.29, 1.82) is 5.26 Å². The van der Waals surface area contributed by atoms with Gasteiger partial charge in [-0.3, -0.25) is 43.2 Å². The van der Waals surface area contributed by atoms with Crippen molar-refractivity contribution in [2.75, 3.05) is 80.3 Å². The van der Waals surface area contributed by atoms with Gasteiger partial charge in [0.25, 0.3) is 45.9 Å². The number of fused-ring (bicyclic) bond motifs is 4. The van der Waals surface area contributed by atoms with Gasteiger partial charge in [0.1, 0.15) is 51.4 Å². The van der Waals surface area contributed by atoms with Crippen molar-refractivity contribution in [3.63, 3.8) is 0 Å². The van der Waals surface area contributed by atoms with Gasteiger partial charge in [-0.2, -0.15) is 5.26 Å². The van der Waals surface area contributed by atoms with E-state index in [1.165, 1.54) is 28.4 Å². The molecule has 0 aromatic carbocycles. The maximum absolute atomic E-state index is 13.5. The second kappa shape index (κ2) is 41.2. The molecule has 1 aliphatic carbocycles. The van der Waals surface area contributed by atoms with Crippen LogP contribution in [0.2, 0.25) is 0 Å². The number of rotatable bonds is 29. The van der Waals surface area contributed by atoms with Gasteiger partial charge in [0, 0.05) is 145 Å². The normalized spacial score (nSPS) is 13.6. The Morgan fingerprint density at radius 2 is 0.825 bits per heavy atom. The lowest BCUT2D eigenvalue weighted by molar-refractivity contribution is -0.118. The summed E-state index contributed by atoms with van der Waals surface area (Å²) >= 11 is 0. The monoisotopic (exact) mass is 1720 g/mol. The Bertz CT molecular complexity index is 6350. The van der Waals surface area contributed by atoms with Crippen LogP contribution in [0.1, 0.15) is 187 Å². The molecule has 1 saturated heterocycles. The van der Waals surface area contributed by atoms with E-state index in [-0.39, 0.29) is 109 Å². The number of nitrogens with two attached hydrogens (primary N) is 1. The zero-order valence-corrected chi connectivity index (χ0v) is 74.5. The molecule has 126 heavy (non-hydrogen) atoms. The number of aryl methyl sites for hydroxylation is 4. The predicted octanol–water partition coefficient (Wildman–Crippen LogP) is 9.63. The van der Waals surface area contributed by atoms with Gasteiger partial charge in [0.2, 0.25) is 5.91 Å². The Morgan fingerprint density at radius 1 is 0.484 bits per heavy atom. The Labute approximate surface area is 727 Å². The average molecular weight is 1730 g/mol. The summed E-state index contributed by atoms with van der Waals surface area (Å²) in [5.74, 6) is 1.54. The number of piperazine rings is 1. The maximum Gasteiger partial charge on any atom is 0.256 e. The Hall–Kier alpha value is -13.7. The average Bonchev–Trinajstić information content (AvgIpc) is 1.60. The number of H-pyrrole nitrogens is 4. The number of carbonyl (C=O) groups excluding carboxylic acids is 5. The number of pyridine rings is 8. The van der Waals surface area contributed by atoms with E-state index in [4.69, 9.17) is 44.4 Å². The SMILES string of the molecule is COCC(C)n1c(C)c(C(=O)NCc2c(OC)cc(C)[nH]c2=O)c2ccc(N3CCNCC3)nc21.COc1cc(C)[nH]c(=O)c1CNC(=O)c1c(C)n(C(C)C(OC)C2CC2)c2ncccc12.COc1cc(C)[nH]c(=O)c1CNC(=O)c1c(C)n(C(C)CC#N)c2ncccc12.COc1cc(C)[nH]c(=O)c1CNC(=O)c1c(C)n(C(C)CC(N)=O)c2ncccc12. The summed E-state index contributed by atoms with van der Waals surface area (Å²) in [6, 6.07) is 23.5. The number of aromatic nitrogens is 12. The minimum Gasteiger partial charge on any atom is -0.496 e. The highest BCUT2D eigenvalue weighted by Crippen LogP contribution is 2.42. The molecule has 0 radical (unpaired) electrons. The van der Waals surface area contributed by atoms with E-state index in [0.29, 0.717) is 137 Å². The van der Waals surface area contributed by atoms with E-state index in [2.05, 4.69) is 88.5 Å². The van der Waals surface area contributed by atoms with Crippen molar-refractivity contribution in [3.05, 3.63) is 223 Å². The predicted molar refractivity (Wildman–Crippen MR) is 479 cm³/mol. The summed E-state index contributed by atoms with van der Waals surface area (Å²) in [7, 11) is 9.39. The fraction of sp³-hybridized carbons (Fsp3) is 0.407. The lowest BCUT2D eigenvalue weighted by atomic mass is 10.1. The number of ether oxygens (including phenoxy) is 6. The fourth-order valence-electron chi connectivity index (χ4n) is 16.8. The molecule has 12 aromatic heterocycles. The molecule has 0 spiro atoms. The molecule has 35 nitrogen and oxygen atoms in total. The maximum atomic E-state index is 13.5. The Morgan fingerprint density at radius 3 is 1.16 bits per heavy atom. The van der Waals surface area contributed by atoms with E-state index in [1.807, 2.05) is 81.0 Å². The highest BCUT2D eigenvalue weighted by atomic mass is 16.5. The number of carbonyl (C=O) groups is 5. The van der Waals surface area contributed by atoms with Crippen LogP contribution >= 0.6 is 0 Å². The third kappa shape index (κ3) is 20.2. The number of anilines is 1. The molecular formula is C91H112N20O15. The summed E-state index contributed by atoms with van der Waals surface area (Å²) in [5, 5.41) is 26.8. The highest BCUT2D eigenvalue weighted by molar-refractivity contribution is 6.10. The summed E-state index contributed by atoms with van der Waals surface area (Å²) in [4.78, 5) is 145. The van der Waals surface area contributed by atoms with E-state index >= 15 is 0 Å². The zero-order chi connectivity index (χ0) is 91.2. The molecule has 2 aliphatic rings. The first-order valence-electron chi connectivity index (χ1n) is 41.6. The van der Waals surface area contributed by atoms with Gasteiger partial charge in [-0.1, -0.05) is 0 Å². The zero-order valence-electron chi connectivity index (χ0n) is 74.5. The van der Waals surface area contributed by atoms with Crippen LogP contribution in [-0.2, 0) is 40.4 Å². The van der Waals surface area contributed by atoms with E-state index < -0.39 is 5.91 Å². The van der Waals surface area contributed by atoms with Crippen LogP contribution in [0.15, 0.2) is 111 Å². The van der Waals surface area contributed by atoms with Crippen LogP contribution in [0, 0.1) is 72.6 Å². The van der Waals surface area contributed by atoms with Crippen LogP contribution in [0.4, 0.5) is 5.82 Å². The number of hydrogen-bond acceptors (Lipinski definition) is 22. The lowest BCUT2D eigenvalue weighted by Crippen LogP contribution is -2.43. The molecule has 1 saturated carbocycles. The summed E-state index contributed by atoms with van der Waals surface area (Å²) < 4.78 is 40.4. The fourth-order valence-corrected chi connectivity index (χ4v) is 16.8. The first-order valence-corrected chi connectivity index (χ1v) is 41.6. The first kappa shape index (κ1) is 93.0. The van der Waals surface area contributed by atoms with Crippen LogP contribution < -0.4 is 78.4 Å². The van der Waals surface area contributed by atoms with Crippen LogP contribution in [0.5, 0.6) is 23.0 Å². The number of nitrogens with one attached hydrogen (secondary N) is 9. The topological polar surface area (TPSA) is 457 Å². The molecule has 2 fully saturated rings. The summed E-state index contributed by atoms with van der Waals surface area (Å²) in [6.45, 7) is 26.7. The number of primary amides is 1. The molecule has 0 bridgehead atoms. The number of amides is 5. The van der Waals surface area contributed by atoms with Crippen LogP contribution in [0.3, 0.4) is 0 Å². The van der Waals surface area contributed by atoms with Crippen molar-refractivity contribution in [2.24, 2.45) is 11.7 Å². The smallest absolute Gasteiger partial charge is 0.256 e. The summed E-state index contributed by atoms with van der Waals surface area (Å²) in [5.41, 5.74) is 16.2. The molecule has 13 heterocycles. The largest absolute Gasteiger partial charge is 0.496 e. The minimum absolute atomic E-state index is 0.000828. The first-order chi connectivity index (χ1) is 60.3. The molecule has 35 heteroatoms. The second-order valence-electron chi connectivity index (χ2n) is 31.6. The van der Waals surface area contributed by atoms with Gasteiger partial charge in [0.15, 0.2) is 0 Å². The molecule has 14 rings (SSSR count). The van der Waals surface area contributed by atoms with Crippen molar-refractivity contribution in [2.45, 2.75) is 165 Å². The van der Waals surface area contributed by atoms with E-state index in [9.17, 15) is 43.2 Å². The minimum atomic E-state index is -0.434. The quantitative estimate of drug-likeness (QED) is 0.0208. The van der Waals surface area contributed by atoms with Gasteiger partial charge in [-0.05, 0) is 175 Å². The van der Waals surface area contributed by atoms with Crippen molar-refractivity contribution >= 4 is 79.5 Å². The molecular weight excluding hydrogens is 1610 g/mol. The number of nitrogens with zero attached hydrogens (tertiary/aromatic N) is 10. The molecule has 1 aliphatic heterocycles. The van der Waals surface area contributed by atoms with Gasteiger partial charge in [0.05, 0.1) is 136 Å². The second-order valence-corrected chi connectivity index (χ2v) is 31.6. The van der Waals surface area contributed by atoms with Crippen molar-refractivity contribution in [1.82, 2.24) is 84.7 Å². The number of hydrogen-bond donors (Lipinski definition) is 10. The summed E-state index contributed by atoms with van der Waals surface area (Å²) in [6.07, 6.45) is 7.85. The van der Waals surface area contributed by atoms with Gasteiger partial charge in [-0.15, -0.1) is 0 Å². The number of aromatic amines is 4. The van der Waals surface area contributed by atoms with E-state index in [0.717, 1.165) is 84.0 Å². The number of nitriles is 1. The van der Waals surface area contributed by atoms with Crippen LogP contribution in [0.25, 0.3) is 44.1 Å². The van der Waals surface area contributed by atoms with Gasteiger partial charge >= 0.3 is 0 Å². The van der Waals surface area contributed by atoms with Crippen LogP contribution in [-0.4, -0.2) is 169 Å². The van der Waals surface area contributed by atoms with E-state index in [1.54, 1.807) is 110 Å². The molecule has 5 amide bonds.